The molecule has 168 valence electrons. The van der Waals surface area contributed by atoms with Crippen LogP contribution in [0.4, 0.5) is 0 Å². The third kappa shape index (κ3) is 3.97. The number of hydrogen-bond acceptors (Lipinski definition) is 7. The predicted octanol–water partition coefficient (Wildman–Crippen LogP) is 4.01. The summed E-state index contributed by atoms with van der Waals surface area (Å²) >= 11 is 1.39. The molecule has 3 heterocycles. The third-order valence-corrected chi connectivity index (χ3v) is 7.00. The first kappa shape index (κ1) is 20.9. The quantitative estimate of drug-likeness (QED) is 0.540. The van der Waals surface area contributed by atoms with E-state index in [-0.39, 0.29) is 17.2 Å². The van der Waals surface area contributed by atoms with E-state index in [0.717, 1.165) is 42.7 Å². The highest BCUT2D eigenvalue weighted by atomic mass is 32.2. The van der Waals surface area contributed by atoms with Gasteiger partial charge in [0.2, 0.25) is 5.91 Å². The van der Waals surface area contributed by atoms with Crippen LogP contribution in [-0.2, 0) is 16.9 Å². The number of carbonyl (C=O) groups excluding carboxylic acids is 1. The van der Waals surface area contributed by atoms with Crippen molar-refractivity contribution >= 4 is 17.7 Å². The summed E-state index contributed by atoms with van der Waals surface area (Å²) in [6.07, 6.45) is 5.61. The fourth-order valence-corrected chi connectivity index (χ4v) is 5.31. The number of ether oxygens (including phenoxy) is 2. The van der Waals surface area contributed by atoms with Crippen molar-refractivity contribution in [2.75, 3.05) is 19.0 Å². The van der Waals surface area contributed by atoms with Crippen LogP contribution in [0.3, 0.4) is 0 Å². The Balaban J connectivity index is 1.30. The maximum absolute atomic E-state index is 13.0. The summed E-state index contributed by atoms with van der Waals surface area (Å²) in [6, 6.07) is 9.70. The van der Waals surface area contributed by atoms with E-state index >= 15 is 0 Å². The van der Waals surface area contributed by atoms with Crippen LogP contribution in [0.15, 0.2) is 46.2 Å². The zero-order chi connectivity index (χ0) is 22.0. The zero-order valence-electron chi connectivity index (χ0n) is 18.0. The molecular formula is C23H26N4O4S. The van der Waals surface area contributed by atoms with Crippen LogP contribution in [0, 0.1) is 0 Å². The minimum atomic E-state index is -0.370. The molecule has 2 aliphatic rings. The Morgan fingerprint density at radius 3 is 2.72 bits per heavy atom. The molecule has 3 aromatic rings. The molecule has 0 bridgehead atoms. The van der Waals surface area contributed by atoms with Gasteiger partial charge in [-0.25, -0.2) is 0 Å². The van der Waals surface area contributed by atoms with E-state index < -0.39 is 0 Å². The van der Waals surface area contributed by atoms with Gasteiger partial charge in [0.05, 0.1) is 17.6 Å². The number of thioether (sulfide) groups is 1. The lowest BCUT2D eigenvalue weighted by atomic mass is 9.87. The Labute approximate surface area is 190 Å². The van der Waals surface area contributed by atoms with Crippen molar-refractivity contribution in [3.8, 4) is 23.1 Å². The highest BCUT2D eigenvalue weighted by Crippen LogP contribution is 2.42. The van der Waals surface area contributed by atoms with E-state index in [9.17, 15) is 4.79 Å². The van der Waals surface area contributed by atoms with Gasteiger partial charge in [-0.3, -0.25) is 9.36 Å². The van der Waals surface area contributed by atoms with E-state index in [1.807, 2.05) is 35.8 Å². The Morgan fingerprint density at radius 2 is 1.97 bits per heavy atom. The summed E-state index contributed by atoms with van der Waals surface area (Å²) in [5.74, 6) is 3.11. The van der Waals surface area contributed by atoms with Gasteiger partial charge in [0.1, 0.15) is 13.2 Å². The molecule has 0 spiro atoms. The first-order valence-electron chi connectivity index (χ1n) is 11.0. The molecule has 1 fully saturated rings. The van der Waals surface area contributed by atoms with Crippen LogP contribution >= 0.6 is 11.8 Å². The second-order valence-electron chi connectivity index (χ2n) is 8.01. The van der Waals surface area contributed by atoms with Crippen LogP contribution in [0.25, 0.3) is 11.6 Å². The molecule has 1 amide bonds. The lowest BCUT2D eigenvalue weighted by Gasteiger charge is -2.32. The Bertz CT molecular complexity index is 1090. The number of carbonyl (C=O) groups is 1. The number of benzene rings is 1. The summed E-state index contributed by atoms with van der Waals surface area (Å²) in [6.45, 7) is 3.82. The number of amides is 1. The van der Waals surface area contributed by atoms with E-state index in [4.69, 9.17) is 13.9 Å². The first-order valence-corrected chi connectivity index (χ1v) is 12.0. The zero-order valence-corrected chi connectivity index (χ0v) is 18.8. The van der Waals surface area contributed by atoms with Crippen LogP contribution < -0.4 is 14.8 Å². The van der Waals surface area contributed by atoms with Crippen molar-refractivity contribution in [2.24, 2.45) is 0 Å². The van der Waals surface area contributed by atoms with Crippen molar-refractivity contribution < 1.29 is 18.7 Å². The van der Waals surface area contributed by atoms with Crippen molar-refractivity contribution in [1.29, 1.82) is 0 Å². The van der Waals surface area contributed by atoms with Gasteiger partial charge >= 0.3 is 0 Å². The fraction of sp³-hybridized carbons (Fsp3) is 0.435. The van der Waals surface area contributed by atoms with E-state index in [0.29, 0.717) is 36.5 Å². The Morgan fingerprint density at radius 1 is 1.16 bits per heavy atom. The smallest absolute Gasteiger partial charge is 0.231 e. The standard InChI is InChI=1S/C23H26N4O4S/c1-2-27-21(18-6-5-11-29-18)25-26-22(27)32-15-20(28)24-23(9-3-4-10-23)16-7-8-17-19(14-16)31-13-12-30-17/h5-8,11,14H,2-4,9-10,12-13,15H2,1H3,(H,24,28). The second kappa shape index (κ2) is 8.90. The predicted molar refractivity (Wildman–Crippen MR) is 120 cm³/mol. The molecule has 9 heteroatoms. The number of nitrogens with zero attached hydrogens (tertiary/aromatic N) is 3. The van der Waals surface area contributed by atoms with Crippen LogP contribution in [-0.4, -0.2) is 39.6 Å². The van der Waals surface area contributed by atoms with Crippen LogP contribution in [0.1, 0.15) is 38.2 Å². The lowest BCUT2D eigenvalue weighted by Crippen LogP contribution is -2.44. The minimum absolute atomic E-state index is 0.0167. The first-order chi connectivity index (χ1) is 15.7. The maximum atomic E-state index is 13.0. The second-order valence-corrected chi connectivity index (χ2v) is 8.95. The monoisotopic (exact) mass is 454 g/mol. The summed E-state index contributed by atoms with van der Waals surface area (Å²) in [7, 11) is 0. The Kier molecular flexibility index (Phi) is 5.82. The lowest BCUT2D eigenvalue weighted by molar-refractivity contribution is -0.120. The summed E-state index contributed by atoms with van der Waals surface area (Å²) in [5.41, 5.74) is 0.708. The number of hydrogen-bond donors (Lipinski definition) is 1. The normalized spacial score (nSPS) is 16.8. The summed E-state index contributed by atoms with van der Waals surface area (Å²) < 4.78 is 18.8. The molecule has 8 nitrogen and oxygen atoms in total. The average molecular weight is 455 g/mol. The largest absolute Gasteiger partial charge is 0.486 e. The van der Waals surface area contributed by atoms with Gasteiger partial charge in [0.25, 0.3) is 0 Å². The third-order valence-electron chi connectivity index (χ3n) is 6.04. The molecule has 0 atom stereocenters. The maximum Gasteiger partial charge on any atom is 0.231 e. The number of rotatable bonds is 7. The fourth-order valence-electron chi connectivity index (χ4n) is 4.51. The van der Waals surface area contributed by atoms with Crippen molar-refractivity contribution in [3.63, 3.8) is 0 Å². The Hall–Kier alpha value is -2.94. The van der Waals surface area contributed by atoms with Gasteiger partial charge in [0.15, 0.2) is 28.2 Å². The molecule has 5 rings (SSSR count). The van der Waals surface area contributed by atoms with Crippen LogP contribution in [0.2, 0.25) is 0 Å². The molecule has 1 aliphatic heterocycles. The van der Waals surface area contributed by atoms with Gasteiger partial charge < -0.3 is 19.2 Å². The van der Waals surface area contributed by atoms with Crippen molar-refractivity contribution in [2.45, 2.75) is 49.8 Å². The number of aromatic nitrogens is 3. The molecule has 1 aliphatic carbocycles. The van der Waals surface area contributed by atoms with Crippen LogP contribution in [0.5, 0.6) is 11.5 Å². The molecule has 1 saturated carbocycles. The van der Waals surface area contributed by atoms with Gasteiger partial charge in [-0.1, -0.05) is 30.7 Å². The number of fused-ring (bicyclic) bond motifs is 1. The number of nitrogens with one attached hydrogen (secondary N) is 1. The summed E-state index contributed by atoms with van der Waals surface area (Å²) in [4.78, 5) is 13.0. The molecule has 0 unspecified atom stereocenters. The molecule has 2 aromatic heterocycles. The molecule has 0 saturated heterocycles. The van der Waals surface area contributed by atoms with Crippen molar-refractivity contribution in [3.05, 3.63) is 42.2 Å². The molecule has 32 heavy (non-hydrogen) atoms. The van der Waals surface area contributed by atoms with Gasteiger partial charge in [0, 0.05) is 6.54 Å². The van der Waals surface area contributed by atoms with E-state index in [2.05, 4.69) is 21.6 Å². The summed E-state index contributed by atoms with van der Waals surface area (Å²) in [5, 5.41) is 12.6. The van der Waals surface area contributed by atoms with Gasteiger partial charge in [-0.15, -0.1) is 10.2 Å². The number of furan rings is 1. The van der Waals surface area contributed by atoms with Crippen molar-refractivity contribution in [1.82, 2.24) is 20.1 Å². The SMILES string of the molecule is CCn1c(SCC(=O)NC2(c3ccc4c(c3)OCCO4)CCCC2)nnc1-c1ccco1. The topological polar surface area (TPSA) is 91.4 Å². The van der Waals surface area contributed by atoms with E-state index in [1.165, 1.54) is 11.8 Å². The highest BCUT2D eigenvalue weighted by molar-refractivity contribution is 7.99. The van der Waals surface area contributed by atoms with Gasteiger partial charge in [-0.05, 0) is 49.6 Å². The molecule has 1 aromatic carbocycles. The highest BCUT2D eigenvalue weighted by Gasteiger charge is 2.38. The van der Waals surface area contributed by atoms with E-state index in [1.54, 1.807) is 6.26 Å². The van der Waals surface area contributed by atoms with Gasteiger partial charge in [-0.2, -0.15) is 0 Å². The molecular weight excluding hydrogens is 428 g/mol. The minimum Gasteiger partial charge on any atom is -0.486 e. The molecule has 0 radical (unpaired) electrons. The average Bonchev–Trinajstić information content (AvgIpc) is 3.58. The molecule has 1 N–H and O–H groups in total.